The zero-order valence-corrected chi connectivity index (χ0v) is 11.1. The molecule has 1 atom stereocenters. The summed E-state index contributed by atoms with van der Waals surface area (Å²) >= 11 is 0. The van der Waals surface area contributed by atoms with Crippen LogP contribution in [0.1, 0.15) is 16.7 Å². The average molecular weight is 285 g/mol. The standard InChI is InChI=1S/C15H15N3O3/c16-13(17)11-7-6-10(8-12(11)19)15(21,14(18)20)9-4-2-1-3-5-9/h1-8,19,21H,(H3,16,17)(H2,18,20). The molecule has 0 spiro atoms. The van der Waals surface area contributed by atoms with Gasteiger partial charge < -0.3 is 21.7 Å². The monoisotopic (exact) mass is 285 g/mol. The van der Waals surface area contributed by atoms with Gasteiger partial charge in [0.25, 0.3) is 5.91 Å². The van der Waals surface area contributed by atoms with Crippen molar-refractivity contribution in [1.82, 2.24) is 0 Å². The molecule has 0 bridgehead atoms. The van der Waals surface area contributed by atoms with E-state index in [1.165, 1.54) is 18.2 Å². The van der Waals surface area contributed by atoms with Gasteiger partial charge in [-0.05, 0) is 17.7 Å². The highest BCUT2D eigenvalue weighted by Crippen LogP contribution is 2.32. The van der Waals surface area contributed by atoms with Crippen LogP contribution in [-0.2, 0) is 10.4 Å². The molecule has 7 N–H and O–H groups in total. The summed E-state index contributed by atoms with van der Waals surface area (Å²) in [5.74, 6) is -1.60. The highest BCUT2D eigenvalue weighted by Gasteiger charge is 2.38. The van der Waals surface area contributed by atoms with E-state index in [4.69, 9.17) is 16.9 Å². The Kier molecular flexibility index (Phi) is 3.64. The van der Waals surface area contributed by atoms with Crippen molar-refractivity contribution in [3.8, 4) is 5.75 Å². The Morgan fingerprint density at radius 2 is 1.67 bits per heavy atom. The van der Waals surface area contributed by atoms with Crippen LogP contribution in [0, 0.1) is 5.41 Å². The molecule has 0 saturated heterocycles. The van der Waals surface area contributed by atoms with Crippen molar-refractivity contribution in [1.29, 1.82) is 5.41 Å². The number of phenolic OH excluding ortho intramolecular Hbond substituents is 1. The van der Waals surface area contributed by atoms with Gasteiger partial charge in [0.1, 0.15) is 11.6 Å². The number of carbonyl (C=O) groups is 1. The number of primary amides is 1. The number of nitrogens with two attached hydrogens (primary N) is 2. The van der Waals surface area contributed by atoms with E-state index in [-0.39, 0.29) is 28.3 Å². The first kappa shape index (κ1) is 14.5. The zero-order valence-electron chi connectivity index (χ0n) is 11.1. The van der Waals surface area contributed by atoms with Crippen molar-refractivity contribution in [2.75, 3.05) is 0 Å². The number of nitrogen functional groups attached to an aromatic ring is 1. The molecule has 0 aliphatic heterocycles. The van der Waals surface area contributed by atoms with Crippen molar-refractivity contribution in [2.24, 2.45) is 11.5 Å². The first-order valence-electron chi connectivity index (χ1n) is 6.13. The molecule has 0 aliphatic carbocycles. The second kappa shape index (κ2) is 5.26. The van der Waals surface area contributed by atoms with Crippen molar-refractivity contribution in [3.63, 3.8) is 0 Å². The van der Waals surface area contributed by atoms with Crippen LogP contribution in [0.5, 0.6) is 5.75 Å². The van der Waals surface area contributed by atoms with Crippen LogP contribution < -0.4 is 11.5 Å². The molecule has 2 aromatic carbocycles. The van der Waals surface area contributed by atoms with Gasteiger partial charge in [0.2, 0.25) is 0 Å². The second-order valence-corrected chi connectivity index (χ2v) is 4.59. The van der Waals surface area contributed by atoms with Crippen molar-refractivity contribution in [3.05, 3.63) is 65.2 Å². The van der Waals surface area contributed by atoms with Crippen LogP contribution in [0.2, 0.25) is 0 Å². The van der Waals surface area contributed by atoms with Crippen LogP contribution in [0.15, 0.2) is 48.5 Å². The predicted octanol–water partition coefficient (Wildman–Crippen LogP) is 0.397. The third-order valence-corrected chi connectivity index (χ3v) is 3.25. The Balaban J connectivity index is 2.62. The SMILES string of the molecule is N=C(N)c1ccc(C(O)(C(N)=O)c2ccccc2)cc1O. The molecule has 2 rings (SSSR count). The van der Waals surface area contributed by atoms with Crippen LogP contribution in [-0.4, -0.2) is 22.0 Å². The summed E-state index contributed by atoms with van der Waals surface area (Å²) in [6, 6.07) is 12.1. The number of phenols is 1. The Bertz CT molecular complexity index is 701. The Labute approximate surface area is 121 Å². The maximum Gasteiger partial charge on any atom is 0.258 e. The molecule has 0 saturated carbocycles. The van der Waals surface area contributed by atoms with Gasteiger partial charge in [0.05, 0.1) is 5.56 Å². The Morgan fingerprint density at radius 3 is 2.14 bits per heavy atom. The normalized spacial score (nSPS) is 13.4. The van der Waals surface area contributed by atoms with Crippen molar-refractivity contribution in [2.45, 2.75) is 5.60 Å². The number of aromatic hydroxyl groups is 1. The number of nitrogens with one attached hydrogen (secondary N) is 1. The quantitative estimate of drug-likeness (QED) is 0.410. The molecule has 6 nitrogen and oxygen atoms in total. The molecule has 0 radical (unpaired) electrons. The maximum atomic E-state index is 11.8. The minimum atomic E-state index is -2.08. The van der Waals surface area contributed by atoms with E-state index in [2.05, 4.69) is 0 Å². The number of benzene rings is 2. The first-order chi connectivity index (χ1) is 9.87. The van der Waals surface area contributed by atoms with Crippen LogP contribution in [0.25, 0.3) is 0 Å². The summed E-state index contributed by atoms with van der Waals surface area (Å²) in [4.78, 5) is 11.8. The van der Waals surface area contributed by atoms with E-state index < -0.39 is 11.5 Å². The number of amides is 1. The molecule has 0 fully saturated rings. The van der Waals surface area contributed by atoms with Crippen LogP contribution in [0.4, 0.5) is 0 Å². The summed E-state index contributed by atoms with van der Waals surface area (Å²) in [5.41, 5.74) is 9.08. The summed E-state index contributed by atoms with van der Waals surface area (Å²) in [5, 5.41) is 27.9. The Morgan fingerprint density at radius 1 is 1.05 bits per heavy atom. The lowest BCUT2D eigenvalue weighted by Crippen LogP contribution is -2.42. The molecule has 6 heteroatoms. The predicted molar refractivity (Wildman–Crippen MR) is 77.8 cm³/mol. The van der Waals surface area contributed by atoms with E-state index in [1.807, 2.05) is 0 Å². The van der Waals surface area contributed by atoms with Crippen molar-refractivity contribution < 1.29 is 15.0 Å². The third kappa shape index (κ3) is 2.44. The van der Waals surface area contributed by atoms with Gasteiger partial charge in [0, 0.05) is 5.56 Å². The molecule has 0 aliphatic rings. The molecule has 2 aromatic rings. The van der Waals surface area contributed by atoms with E-state index in [1.54, 1.807) is 30.3 Å². The summed E-state index contributed by atoms with van der Waals surface area (Å²) in [7, 11) is 0. The average Bonchev–Trinajstić information content (AvgIpc) is 2.46. The van der Waals surface area contributed by atoms with E-state index >= 15 is 0 Å². The lowest BCUT2D eigenvalue weighted by atomic mass is 9.85. The highest BCUT2D eigenvalue weighted by atomic mass is 16.3. The summed E-state index contributed by atoms with van der Waals surface area (Å²) in [6.07, 6.45) is 0. The molecule has 0 aromatic heterocycles. The van der Waals surface area contributed by atoms with Crippen LogP contribution >= 0.6 is 0 Å². The third-order valence-electron chi connectivity index (χ3n) is 3.25. The van der Waals surface area contributed by atoms with Crippen LogP contribution in [0.3, 0.4) is 0 Å². The number of amidine groups is 1. The van der Waals surface area contributed by atoms with Gasteiger partial charge in [-0.15, -0.1) is 0 Å². The zero-order chi connectivity index (χ0) is 15.6. The maximum absolute atomic E-state index is 11.8. The second-order valence-electron chi connectivity index (χ2n) is 4.59. The lowest BCUT2D eigenvalue weighted by molar-refractivity contribution is -0.133. The minimum Gasteiger partial charge on any atom is -0.507 e. The molecule has 0 heterocycles. The smallest absolute Gasteiger partial charge is 0.258 e. The number of hydrogen-bond acceptors (Lipinski definition) is 4. The minimum absolute atomic E-state index is 0.101. The number of aliphatic hydroxyl groups is 1. The van der Waals surface area contributed by atoms with Gasteiger partial charge in [-0.1, -0.05) is 36.4 Å². The Hall–Kier alpha value is -2.86. The first-order valence-corrected chi connectivity index (χ1v) is 6.13. The summed E-state index contributed by atoms with van der Waals surface area (Å²) < 4.78 is 0. The van der Waals surface area contributed by atoms with Gasteiger partial charge in [-0.2, -0.15) is 0 Å². The van der Waals surface area contributed by atoms with E-state index in [0.717, 1.165) is 0 Å². The van der Waals surface area contributed by atoms with Crippen molar-refractivity contribution >= 4 is 11.7 Å². The lowest BCUT2D eigenvalue weighted by Gasteiger charge is -2.26. The fourth-order valence-corrected chi connectivity index (χ4v) is 2.11. The molecule has 21 heavy (non-hydrogen) atoms. The van der Waals surface area contributed by atoms with Gasteiger partial charge in [-0.3, -0.25) is 10.2 Å². The van der Waals surface area contributed by atoms with E-state index in [0.29, 0.717) is 0 Å². The van der Waals surface area contributed by atoms with Gasteiger partial charge >= 0.3 is 0 Å². The molecular weight excluding hydrogens is 270 g/mol. The van der Waals surface area contributed by atoms with Gasteiger partial charge in [0.15, 0.2) is 5.60 Å². The molecule has 1 unspecified atom stereocenters. The number of carbonyl (C=O) groups excluding carboxylic acids is 1. The number of rotatable bonds is 4. The summed E-state index contributed by atoms with van der Waals surface area (Å²) in [6.45, 7) is 0. The largest absolute Gasteiger partial charge is 0.507 e. The van der Waals surface area contributed by atoms with E-state index in [9.17, 15) is 15.0 Å². The van der Waals surface area contributed by atoms with Gasteiger partial charge in [-0.25, -0.2) is 0 Å². The molecular formula is C15H15N3O3. The number of hydrogen-bond donors (Lipinski definition) is 5. The molecule has 1 amide bonds. The topological polar surface area (TPSA) is 133 Å². The molecule has 108 valence electrons. The highest BCUT2D eigenvalue weighted by molar-refractivity contribution is 5.98. The fraction of sp³-hybridized carbons (Fsp3) is 0.0667. The fourth-order valence-electron chi connectivity index (χ4n) is 2.11.